The zero-order valence-electron chi connectivity index (χ0n) is 20.1. The Labute approximate surface area is 220 Å². The standard InChI is InChI=1S/C28H20ClFN4O4/c1-2-38-28(37)19-15-18-24(31-22-13-6-7-14-33(22)27(18)36)34(16-17-9-4-3-5-10-17)25(19)32-26(35)23-20(29)11-8-12-21(23)30/h3-15H,2,16H2,1H3. The van der Waals surface area contributed by atoms with Crippen molar-refractivity contribution in [3.8, 4) is 0 Å². The van der Waals surface area contributed by atoms with Crippen LogP contribution in [0, 0.1) is 5.82 Å². The van der Waals surface area contributed by atoms with E-state index in [1.54, 1.807) is 31.3 Å². The highest BCUT2D eigenvalue weighted by Gasteiger charge is 2.22. The lowest BCUT2D eigenvalue weighted by atomic mass is 10.1. The van der Waals surface area contributed by atoms with E-state index in [1.807, 2.05) is 30.3 Å². The Morgan fingerprint density at radius 1 is 1.05 bits per heavy atom. The van der Waals surface area contributed by atoms with Crippen LogP contribution in [0.3, 0.4) is 0 Å². The van der Waals surface area contributed by atoms with Gasteiger partial charge in [0.1, 0.15) is 22.7 Å². The van der Waals surface area contributed by atoms with Gasteiger partial charge in [-0.15, -0.1) is 0 Å². The van der Waals surface area contributed by atoms with Gasteiger partial charge in [-0.3, -0.25) is 14.0 Å². The summed E-state index contributed by atoms with van der Waals surface area (Å²) in [5.41, 5.74) is 0.161. The fourth-order valence-electron chi connectivity index (χ4n) is 4.13. The van der Waals surface area contributed by atoms with Gasteiger partial charge in [-0.05, 0) is 42.8 Å². The van der Waals surface area contributed by atoms with Crippen LogP contribution < -0.4 is 11.0 Å². The predicted octanol–water partition coefficient (Wildman–Crippen LogP) is 4.41. The van der Waals surface area contributed by atoms with Crippen molar-refractivity contribution in [2.24, 2.45) is 4.99 Å². The number of hydrogen-bond donors (Lipinski definition) is 0. The molecule has 5 rings (SSSR count). The Morgan fingerprint density at radius 2 is 1.82 bits per heavy atom. The lowest BCUT2D eigenvalue weighted by molar-refractivity contribution is 0.0523. The number of nitrogens with zero attached hydrogens (tertiary/aromatic N) is 4. The number of benzene rings is 2. The highest BCUT2D eigenvalue weighted by molar-refractivity contribution is 6.33. The van der Waals surface area contributed by atoms with E-state index in [4.69, 9.17) is 16.3 Å². The Balaban J connectivity index is 1.92. The molecule has 0 aliphatic carbocycles. The van der Waals surface area contributed by atoms with Gasteiger partial charge in [-0.25, -0.2) is 14.2 Å². The molecule has 2 aromatic carbocycles. The summed E-state index contributed by atoms with van der Waals surface area (Å²) in [6, 6.07) is 19.4. The monoisotopic (exact) mass is 530 g/mol. The molecule has 0 saturated heterocycles. The van der Waals surface area contributed by atoms with Crippen molar-refractivity contribution in [3.05, 3.63) is 122 Å². The van der Waals surface area contributed by atoms with E-state index in [1.165, 1.54) is 27.2 Å². The van der Waals surface area contributed by atoms with Gasteiger partial charge in [-0.1, -0.05) is 54.1 Å². The number of amides is 1. The van der Waals surface area contributed by atoms with Crippen molar-refractivity contribution in [2.75, 3.05) is 6.61 Å². The average Bonchev–Trinajstić information content (AvgIpc) is 2.91. The van der Waals surface area contributed by atoms with Gasteiger partial charge in [-0.2, -0.15) is 4.99 Å². The first kappa shape index (κ1) is 25.0. The van der Waals surface area contributed by atoms with E-state index in [0.717, 1.165) is 11.6 Å². The third-order valence-corrected chi connectivity index (χ3v) is 6.17. The Bertz CT molecular complexity index is 1830. The molecule has 0 aliphatic rings. The Kier molecular flexibility index (Phi) is 6.85. The molecule has 5 aromatic rings. The minimum absolute atomic E-state index is 0.0387. The van der Waals surface area contributed by atoms with Crippen LogP contribution in [0.25, 0.3) is 16.7 Å². The number of hydrogen-bond acceptors (Lipinski definition) is 5. The molecule has 0 spiro atoms. The largest absolute Gasteiger partial charge is 0.462 e. The molecule has 0 N–H and O–H groups in total. The minimum Gasteiger partial charge on any atom is -0.462 e. The van der Waals surface area contributed by atoms with Crippen molar-refractivity contribution in [1.29, 1.82) is 0 Å². The van der Waals surface area contributed by atoms with E-state index in [2.05, 4.69) is 9.98 Å². The van der Waals surface area contributed by atoms with Crippen LogP contribution in [-0.4, -0.2) is 32.4 Å². The van der Waals surface area contributed by atoms with Crippen molar-refractivity contribution in [3.63, 3.8) is 0 Å². The maximum atomic E-state index is 14.6. The Hall–Kier alpha value is -4.63. The second-order valence-corrected chi connectivity index (χ2v) is 8.68. The molecule has 0 fully saturated rings. The third-order valence-electron chi connectivity index (χ3n) is 5.85. The van der Waals surface area contributed by atoms with Crippen molar-refractivity contribution in [1.82, 2.24) is 14.0 Å². The predicted molar refractivity (Wildman–Crippen MR) is 140 cm³/mol. The molecule has 0 bridgehead atoms. The molecule has 0 unspecified atom stereocenters. The van der Waals surface area contributed by atoms with Crippen LogP contribution in [-0.2, 0) is 11.3 Å². The molecule has 0 aliphatic heterocycles. The minimum atomic E-state index is -1.00. The van der Waals surface area contributed by atoms with Crippen molar-refractivity contribution < 1.29 is 18.7 Å². The molecule has 38 heavy (non-hydrogen) atoms. The molecule has 1 amide bonds. The number of ether oxygens (including phenoxy) is 1. The number of carbonyl (C=O) groups excluding carboxylic acids is 2. The van der Waals surface area contributed by atoms with Gasteiger partial charge < -0.3 is 9.30 Å². The smallest absolute Gasteiger partial charge is 0.341 e. The Morgan fingerprint density at radius 3 is 2.55 bits per heavy atom. The summed E-state index contributed by atoms with van der Waals surface area (Å²) < 4.78 is 22.7. The third kappa shape index (κ3) is 4.59. The second kappa shape index (κ2) is 10.4. The highest BCUT2D eigenvalue weighted by atomic mass is 35.5. The number of carbonyl (C=O) groups is 2. The molecular weight excluding hydrogens is 511 g/mol. The molecule has 3 aromatic heterocycles. The summed E-state index contributed by atoms with van der Waals surface area (Å²) in [6.07, 6.45) is 1.57. The van der Waals surface area contributed by atoms with Crippen LogP contribution in [0.1, 0.15) is 33.2 Å². The summed E-state index contributed by atoms with van der Waals surface area (Å²) in [5.74, 6) is -2.67. The number of aromatic nitrogens is 3. The van der Waals surface area contributed by atoms with Crippen molar-refractivity contribution >= 4 is 40.2 Å². The normalized spacial score (nSPS) is 11.7. The zero-order chi connectivity index (χ0) is 26.8. The average molecular weight is 531 g/mol. The SMILES string of the molecule is CCOC(=O)c1cc2c(=O)n3ccccc3nc2n(Cc2ccccc2)c1=NC(=O)c1c(F)cccc1Cl. The van der Waals surface area contributed by atoms with Crippen LogP contribution in [0.5, 0.6) is 0 Å². The first-order chi connectivity index (χ1) is 18.4. The second-order valence-electron chi connectivity index (χ2n) is 8.27. The van der Waals surface area contributed by atoms with Crippen molar-refractivity contribution in [2.45, 2.75) is 13.5 Å². The topological polar surface area (TPSA) is 95.0 Å². The molecule has 8 nitrogen and oxygen atoms in total. The number of pyridine rings is 2. The fourth-order valence-corrected chi connectivity index (χ4v) is 4.37. The van der Waals surface area contributed by atoms with E-state index >= 15 is 0 Å². The number of esters is 1. The van der Waals surface area contributed by atoms with Crippen LogP contribution in [0.4, 0.5) is 4.39 Å². The summed E-state index contributed by atoms with van der Waals surface area (Å²) in [7, 11) is 0. The molecule has 0 atom stereocenters. The summed E-state index contributed by atoms with van der Waals surface area (Å²) in [4.78, 5) is 48.7. The van der Waals surface area contributed by atoms with E-state index < -0.39 is 28.8 Å². The quantitative estimate of drug-likeness (QED) is 0.248. The lowest BCUT2D eigenvalue weighted by Gasteiger charge is -2.15. The molecule has 0 saturated carbocycles. The van der Waals surface area contributed by atoms with Crippen LogP contribution in [0.2, 0.25) is 5.02 Å². The summed E-state index contributed by atoms with van der Waals surface area (Å²) in [6.45, 7) is 1.76. The molecule has 0 radical (unpaired) electrons. The van der Waals surface area contributed by atoms with E-state index in [9.17, 15) is 18.8 Å². The number of rotatable bonds is 5. The van der Waals surface area contributed by atoms with E-state index in [-0.39, 0.29) is 40.3 Å². The van der Waals surface area contributed by atoms with Crippen LogP contribution in [0.15, 0.2) is 88.8 Å². The fraction of sp³-hybridized carbons (Fsp3) is 0.107. The lowest BCUT2D eigenvalue weighted by Crippen LogP contribution is -2.33. The molecule has 3 heterocycles. The highest BCUT2D eigenvalue weighted by Crippen LogP contribution is 2.20. The number of halogens is 2. The molecular formula is C28H20ClFN4O4. The van der Waals surface area contributed by atoms with Gasteiger partial charge in [0.2, 0.25) is 0 Å². The van der Waals surface area contributed by atoms with E-state index in [0.29, 0.717) is 5.65 Å². The van der Waals surface area contributed by atoms with Gasteiger partial charge in [0.25, 0.3) is 11.5 Å². The van der Waals surface area contributed by atoms with Crippen LogP contribution >= 0.6 is 11.6 Å². The van der Waals surface area contributed by atoms with Gasteiger partial charge >= 0.3 is 5.97 Å². The summed E-state index contributed by atoms with van der Waals surface area (Å²) >= 11 is 6.12. The zero-order valence-corrected chi connectivity index (χ0v) is 20.9. The first-order valence-electron chi connectivity index (χ1n) is 11.7. The maximum Gasteiger partial charge on any atom is 0.341 e. The van der Waals surface area contributed by atoms with Gasteiger partial charge in [0.05, 0.1) is 29.1 Å². The number of fused-ring (bicyclic) bond motifs is 2. The van der Waals surface area contributed by atoms with Gasteiger partial charge in [0.15, 0.2) is 5.49 Å². The molecule has 10 heteroatoms. The maximum absolute atomic E-state index is 14.6. The molecule has 190 valence electrons. The summed E-state index contributed by atoms with van der Waals surface area (Å²) in [5, 5.41) is -0.0165. The first-order valence-corrected chi connectivity index (χ1v) is 12.1. The van der Waals surface area contributed by atoms with Gasteiger partial charge in [0, 0.05) is 6.20 Å².